The molecular weight excluding hydrogens is 212 g/mol. The van der Waals surface area contributed by atoms with Crippen LogP contribution in [0, 0.1) is 0 Å². The van der Waals surface area contributed by atoms with Crippen molar-refractivity contribution >= 4 is 11.9 Å². The maximum atomic E-state index is 10.8. The topological polar surface area (TPSA) is 145 Å². The van der Waals surface area contributed by atoms with E-state index in [1.807, 2.05) is 0 Å². The zero-order chi connectivity index (χ0) is 12.9. The van der Waals surface area contributed by atoms with Gasteiger partial charge in [0.2, 0.25) is 0 Å². The highest BCUT2D eigenvalue weighted by molar-refractivity contribution is 5.76. The maximum Gasteiger partial charge on any atom is 0.337 e. The summed E-state index contributed by atoms with van der Waals surface area (Å²) < 4.78 is 10.5. The third-order valence-electron chi connectivity index (χ3n) is 1.63. The van der Waals surface area contributed by atoms with Gasteiger partial charge in [-0.2, -0.15) is 0 Å². The number of esters is 1. The second-order valence-electron chi connectivity index (χ2n) is 2.67. The van der Waals surface area contributed by atoms with Gasteiger partial charge in [0.1, 0.15) is 12.2 Å². The van der Waals surface area contributed by atoms with Crippen LogP contribution in [0.5, 0.6) is 0 Å². The first-order chi connectivity index (χ1) is 7.32. The summed E-state index contributed by atoms with van der Waals surface area (Å²) in [4.78, 5) is 21.0. The van der Waals surface area contributed by atoms with E-state index in [4.69, 9.17) is 26.9 Å². The number of rotatable bonds is 5. The summed E-state index contributed by atoms with van der Waals surface area (Å²) in [6.07, 6.45) is -9.08. The Kier molecular flexibility index (Phi) is 4.43. The van der Waals surface area contributed by atoms with Gasteiger partial charge in [0.15, 0.2) is 12.2 Å². The minimum Gasteiger partial charge on any atom is -0.479 e. The molecule has 0 unspecified atom stereocenters. The fourth-order valence-corrected chi connectivity index (χ4v) is 0.744. The summed E-state index contributed by atoms with van der Waals surface area (Å²) in [5.74, 6) is -3.23. The molecule has 0 aliphatic rings. The zero-order valence-corrected chi connectivity index (χ0v) is 7.48. The molecule has 0 spiro atoms. The van der Waals surface area contributed by atoms with Gasteiger partial charge in [-0.25, -0.2) is 9.59 Å². The molecule has 0 saturated carbocycles. The zero-order valence-electron chi connectivity index (χ0n) is 8.48. The van der Waals surface area contributed by atoms with Gasteiger partial charge >= 0.3 is 11.9 Å². The molecule has 88 valence electrons. The van der Waals surface area contributed by atoms with Crippen molar-refractivity contribution < 1.29 is 41.2 Å². The first-order valence-electron chi connectivity index (χ1n) is 4.44. The van der Waals surface area contributed by atoms with Crippen molar-refractivity contribution in [2.45, 2.75) is 24.4 Å². The number of hydrogen-bond acceptors (Lipinski definition) is 7. The largest absolute Gasteiger partial charge is 0.479 e. The average molecular weight is 225 g/mol. The van der Waals surface area contributed by atoms with Crippen LogP contribution in [0.1, 0.15) is 1.37 Å². The standard InChI is InChI=1S/C7H12O8/c1-15-7(14)5(11)3(9)2(8)4(10)6(12)13/h2-5,8-11H,1H3,(H,12,13)/t2-,3+,4+,5-/m1/s1/i1D. The van der Waals surface area contributed by atoms with Gasteiger partial charge in [0, 0.05) is 0 Å². The van der Waals surface area contributed by atoms with Crippen molar-refractivity contribution in [3.05, 3.63) is 0 Å². The van der Waals surface area contributed by atoms with E-state index in [-0.39, 0.29) is 0 Å². The number of methoxy groups -OCH3 is 1. The Balaban J connectivity index is 4.47. The number of aliphatic hydroxyl groups is 4. The molecule has 0 fully saturated rings. The van der Waals surface area contributed by atoms with Crippen LogP contribution in [-0.4, -0.2) is 69.0 Å². The number of carbonyl (C=O) groups is 2. The molecule has 0 aliphatic carbocycles. The maximum absolute atomic E-state index is 10.8. The molecule has 0 heterocycles. The predicted molar refractivity (Wildman–Crippen MR) is 43.7 cm³/mol. The fourth-order valence-electron chi connectivity index (χ4n) is 0.744. The van der Waals surface area contributed by atoms with Crippen LogP contribution in [0.3, 0.4) is 0 Å². The van der Waals surface area contributed by atoms with E-state index in [2.05, 4.69) is 4.74 Å². The van der Waals surface area contributed by atoms with Gasteiger partial charge < -0.3 is 30.3 Å². The van der Waals surface area contributed by atoms with Gasteiger partial charge in [-0.3, -0.25) is 0 Å². The first-order valence-corrected chi connectivity index (χ1v) is 3.73. The van der Waals surface area contributed by atoms with E-state index < -0.39 is 43.4 Å². The molecule has 0 aliphatic heterocycles. The van der Waals surface area contributed by atoms with E-state index >= 15 is 0 Å². The Morgan fingerprint density at radius 3 is 2.00 bits per heavy atom. The van der Waals surface area contributed by atoms with Gasteiger partial charge in [-0.15, -0.1) is 0 Å². The van der Waals surface area contributed by atoms with E-state index in [1.54, 1.807) is 0 Å². The number of carboxylic acids is 1. The second kappa shape index (κ2) is 5.61. The Morgan fingerprint density at radius 1 is 1.13 bits per heavy atom. The number of carboxylic acid groups (broad SMARTS) is 1. The first kappa shape index (κ1) is 11.9. The fraction of sp³-hybridized carbons (Fsp3) is 0.714. The molecule has 5 N–H and O–H groups in total. The Bertz CT molecular complexity index is 257. The van der Waals surface area contributed by atoms with Gasteiger partial charge in [0.25, 0.3) is 0 Å². The van der Waals surface area contributed by atoms with E-state index in [1.165, 1.54) is 0 Å². The summed E-state index contributed by atoms with van der Waals surface area (Å²) in [7, 11) is -0.805. The van der Waals surface area contributed by atoms with Crippen LogP contribution >= 0.6 is 0 Å². The highest BCUT2D eigenvalue weighted by atomic mass is 16.5. The number of aliphatic hydroxyl groups excluding tert-OH is 4. The quantitative estimate of drug-likeness (QED) is 0.306. The smallest absolute Gasteiger partial charge is 0.337 e. The van der Waals surface area contributed by atoms with Crippen LogP contribution in [0.25, 0.3) is 0 Å². The molecule has 15 heavy (non-hydrogen) atoms. The molecule has 0 bridgehead atoms. The van der Waals surface area contributed by atoms with Crippen molar-refractivity contribution in [2.24, 2.45) is 0 Å². The van der Waals surface area contributed by atoms with Gasteiger partial charge in [-0.1, -0.05) is 0 Å². The third-order valence-corrected chi connectivity index (χ3v) is 1.63. The Labute approximate surface area is 85.7 Å². The summed E-state index contributed by atoms with van der Waals surface area (Å²) >= 11 is 0. The van der Waals surface area contributed by atoms with Crippen LogP contribution in [0.2, 0.25) is 0 Å². The normalized spacial score (nSPS) is 19.6. The van der Waals surface area contributed by atoms with Crippen LogP contribution in [0.15, 0.2) is 0 Å². The van der Waals surface area contributed by atoms with Crippen molar-refractivity contribution in [2.75, 3.05) is 7.09 Å². The van der Waals surface area contributed by atoms with Crippen LogP contribution in [-0.2, 0) is 14.3 Å². The highest BCUT2D eigenvalue weighted by Gasteiger charge is 2.37. The molecule has 0 radical (unpaired) electrons. The second-order valence-corrected chi connectivity index (χ2v) is 2.67. The summed E-state index contributed by atoms with van der Waals surface area (Å²) in [5, 5.41) is 44.3. The minimum atomic E-state index is -2.35. The van der Waals surface area contributed by atoms with Crippen LogP contribution < -0.4 is 0 Å². The molecule has 4 atom stereocenters. The molecule has 0 amide bonds. The summed E-state index contributed by atoms with van der Waals surface area (Å²) in [6.45, 7) is 0. The number of aliphatic carboxylic acids is 1. The molecule has 0 rings (SSSR count). The molecular formula is C7H12O8. The van der Waals surface area contributed by atoms with Crippen molar-refractivity contribution in [1.82, 2.24) is 0 Å². The average Bonchev–Trinajstić information content (AvgIpc) is 2.25. The molecule has 8 nitrogen and oxygen atoms in total. The third kappa shape index (κ3) is 3.44. The lowest BCUT2D eigenvalue weighted by molar-refractivity contribution is -0.174. The molecule has 0 aromatic carbocycles. The van der Waals surface area contributed by atoms with Gasteiger partial charge in [-0.05, 0) is 0 Å². The minimum absolute atomic E-state index is 0.805. The number of carbonyl (C=O) groups excluding carboxylic acids is 1. The predicted octanol–water partition coefficient (Wildman–Crippen LogP) is -3.31. The number of ether oxygens (including phenoxy) is 1. The molecule has 0 saturated heterocycles. The van der Waals surface area contributed by atoms with E-state index in [0.717, 1.165) is 0 Å². The lowest BCUT2D eigenvalue weighted by Gasteiger charge is -2.22. The molecule has 0 aromatic rings. The summed E-state index contributed by atoms with van der Waals surface area (Å²) in [6, 6.07) is 0. The Hall–Kier alpha value is -1.22. The van der Waals surface area contributed by atoms with Crippen molar-refractivity contribution in [3.8, 4) is 0 Å². The van der Waals surface area contributed by atoms with E-state index in [0.29, 0.717) is 0 Å². The van der Waals surface area contributed by atoms with Crippen LogP contribution in [0.4, 0.5) is 0 Å². The SMILES string of the molecule is [2H]COC(=O)[C@H](O)[C@@H](O)[C@@H](O)[C@H](O)C(=O)O. The van der Waals surface area contributed by atoms with Gasteiger partial charge in [0.05, 0.1) is 8.46 Å². The molecule has 0 aromatic heterocycles. The monoisotopic (exact) mass is 225 g/mol. The molecule has 8 heteroatoms. The van der Waals surface area contributed by atoms with Crippen molar-refractivity contribution in [1.29, 1.82) is 0 Å². The van der Waals surface area contributed by atoms with E-state index in [9.17, 15) is 9.59 Å². The lowest BCUT2D eigenvalue weighted by atomic mass is 10.0. The van der Waals surface area contributed by atoms with Crippen molar-refractivity contribution in [3.63, 3.8) is 0 Å². The number of hydrogen-bond donors (Lipinski definition) is 5. The summed E-state index contributed by atoms with van der Waals surface area (Å²) in [5.41, 5.74) is 0. The Morgan fingerprint density at radius 2 is 1.60 bits per heavy atom. The highest BCUT2D eigenvalue weighted by Crippen LogP contribution is 2.06. The lowest BCUT2D eigenvalue weighted by Crippen LogP contribution is -2.50.